The van der Waals surface area contributed by atoms with E-state index in [0.29, 0.717) is 18.8 Å². The zero-order valence-electron chi connectivity index (χ0n) is 12.3. The molecule has 1 amide bonds. The molecule has 2 heterocycles. The molecule has 7 heteroatoms. The average Bonchev–Trinajstić information content (AvgIpc) is 2.98. The number of nitrogens with one attached hydrogen (secondary N) is 1. The van der Waals surface area contributed by atoms with Crippen molar-refractivity contribution in [3.05, 3.63) is 17.0 Å². The largest absolute Gasteiger partial charge is 0.337 e. The van der Waals surface area contributed by atoms with E-state index in [1.165, 1.54) is 6.26 Å². The van der Waals surface area contributed by atoms with E-state index in [9.17, 15) is 13.2 Å². The van der Waals surface area contributed by atoms with Crippen LogP contribution in [0.1, 0.15) is 41.0 Å². The van der Waals surface area contributed by atoms with Crippen molar-refractivity contribution in [3.8, 4) is 0 Å². The van der Waals surface area contributed by atoms with E-state index in [1.807, 2.05) is 0 Å². The number of sulfone groups is 1. The number of hydrogen-bond donors (Lipinski definition) is 1. The summed E-state index contributed by atoms with van der Waals surface area (Å²) in [7, 11) is -3.00. The molecule has 1 aromatic rings. The number of H-pyrrole nitrogens is 1. The second-order valence-corrected chi connectivity index (χ2v) is 8.42. The standard InChI is InChI=1S/C14H21N3O3S/c1-21(19,20)9-10-4-3-7-17(8-10)14(18)13-11-5-2-6-12(11)15-16-13/h10H,2-9H2,1H3,(H,15,16)/t10-/m0/s1. The van der Waals surface area contributed by atoms with E-state index in [1.54, 1.807) is 4.90 Å². The molecule has 0 spiro atoms. The van der Waals surface area contributed by atoms with Gasteiger partial charge in [0, 0.05) is 30.6 Å². The van der Waals surface area contributed by atoms with Crippen molar-refractivity contribution in [2.75, 3.05) is 25.1 Å². The molecule has 0 saturated carbocycles. The van der Waals surface area contributed by atoms with Gasteiger partial charge in [-0.2, -0.15) is 5.10 Å². The Labute approximate surface area is 124 Å². The van der Waals surface area contributed by atoms with Gasteiger partial charge in [-0.05, 0) is 38.0 Å². The Balaban J connectivity index is 1.72. The van der Waals surface area contributed by atoms with Crippen LogP contribution in [0.15, 0.2) is 0 Å². The first-order chi connectivity index (χ1) is 9.94. The molecule has 0 radical (unpaired) electrons. The topological polar surface area (TPSA) is 83.1 Å². The molecule has 3 rings (SSSR count). The molecule has 1 saturated heterocycles. The van der Waals surface area contributed by atoms with Crippen molar-refractivity contribution in [3.63, 3.8) is 0 Å². The molecule has 2 aliphatic rings. The highest BCUT2D eigenvalue weighted by Gasteiger charge is 2.30. The van der Waals surface area contributed by atoms with Gasteiger partial charge in [0.2, 0.25) is 0 Å². The quantitative estimate of drug-likeness (QED) is 0.895. The van der Waals surface area contributed by atoms with Gasteiger partial charge in [0.05, 0.1) is 5.75 Å². The number of piperidine rings is 1. The summed E-state index contributed by atoms with van der Waals surface area (Å²) in [4.78, 5) is 14.4. The van der Waals surface area contributed by atoms with Crippen LogP contribution in [0.25, 0.3) is 0 Å². The fraction of sp³-hybridized carbons (Fsp3) is 0.714. The Kier molecular flexibility index (Phi) is 3.77. The summed E-state index contributed by atoms with van der Waals surface area (Å²) in [5.41, 5.74) is 2.69. The van der Waals surface area contributed by atoms with Crippen molar-refractivity contribution in [2.45, 2.75) is 32.1 Å². The first kappa shape index (κ1) is 14.6. The summed E-state index contributed by atoms with van der Waals surface area (Å²) < 4.78 is 22.9. The molecule has 21 heavy (non-hydrogen) atoms. The summed E-state index contributed by atoms with van der Waals surface area (Å²) in [5, 5.41) is 7.14. The van der Waals surface area contributed by atoms with Crippen molar-refractivity contribution in [1.82, 2.24) is 15.1 Å². The lowest BCUT2D eigenvalue weighted by Gasteiger charge is -2.32. The minimum Gasteiger partial charge on any atom is -0.337 e. The predicted octanol–water partition coefficient (Wildman–Crippen LogP) is 0.795. The summed E-state index contributed by atoms with van der Waals surface area (Å²) in [6, 6.07) is 0. The van der Waals surface area contributed by atoms with Gasteiger partial charge in [0.1, 0.15) is 9.84 Å². The minimum absolute atomic E-state index is 0.0460. The van der Waals surface area contributed by atoms with Gasteiger partial charge in [0.15, 0.2) is 5.69 Å². The maximum Gasteiger partial charge on any atom is 0.274 e. The smallest absolute Gasteiger partial charge is 0.274 e. The van der Waals surface area contributed by atoms with Crippen molar-refractivity contribution in [1.29, 1.82) is 0 Å². The molecule has 1 aromatic heterocycles. The Morgan fingerprint density at radius 3 is 2.95 bits per heavy atom. The summed E-state index contributed by atoms with van der Waals surface area (Å²) in [5.74, 6) is 0.160. The molecule has 0 aromatic carbocycles. The molecule has 1 atom stereocenters. The summed E-state index contributed by atoms with van der Waals surface area (Å²) in [6.07, 6.45) is 5.93. The Morgan fingerprint density at radius 2 is 2.19 bits per heavy atom. The third-order valence-electron chi connectivity index (χ3n) is 4.35. The number of rotatable bonds is 3. The Hall–Kier alpha value is -1.37. The minimum atomic E-state index is -3.00. The molecule has 6 nitrogen and oxygen atoms in total. The lowest BCUT2D eigenvalue weighted by molar-refractivity contribution is 0.0677. The van der Waals surface area contributed by atoms with Crippen molar-refractivity contribution < 1.29 is 13.2 Å². The second-order valence-electron chi connectivity index (χ2n) is 6.23. The van der Waals surface area contributed by atoms with E-state index >= 15 is 0 Å². The number of nitrogens with zero attached hydrogens (tertiary/aromatic N) is 2. The average molecular weight is 311 g/mol. The van der Waals surface area contributed by atoms with Crippen LogP contribution in [0.4, 0.5) is 0 Å². The second kappa shape index (κ2) is 5.44. The van der Waals surface area contributed by atoms with Crippen LogP contribution in [0, 0.1) is 5.92 Å². The summed E-state index contributed by atoms with van der Waals surface area (Å²) >= 11 is 0. The van der Waals surface area contributed by atoms with Gasteiger partial charge in [-0.25, -0.2) is 8.42 Å². The molecule has 1 aliphatic heterocycles. The normalized spacial score (nSPS) is 22.3. The first-order valence-corrected chi connectivity index (χ1v) is 9.53. The van der Waals surface area contributed by atoms with E-state index in [0.717, 1.165) is 43.4 Å². The van der Waals surface area contributed by atoms with E-state index < -0.39 is 9.84 Å². The van der Waals surface area contributed by atoms with Gasteiger partial charge < -0.3 is 4.90 Å². The molecule has 1 N–H and O–H groups in total. The first-order valence-electron chi connectivity index (χ1n) is 7.47. The third-order valence-corrected chi connectivity index (χ3v) is 5.43. The van der Waals surface area contributed by atoms with Gasteiger partial charge in [-0.3, -0.25) is 9.89 Å². The number of hydrogen-bond acceptors (Lipinski definition) is 4. The van der Waals surface area contributed by atoms with E-state index in [4.69, 9.17) is 0 Å². The number of aromatic amines is 1. The zero-order valence-corrected chi connectivity index (χ0v) is 13.1. The van der Waals surface area contributed by atoms with Crippen LogP contribution >= 0.6 is 0 Å². The highest BCUT2D eigenvalue weighted by atomic mass is 32.2. The molecular formula is C14H21N3O3S. The lowest BCUT2D eigenvalue weighted by atomic mass is 9.99. The van der Waals surface area contributed by atoms with Gasteiger partial charge in [-0.1, -0.05) is 0 Å². The van der Waals surface area contributed by atoms with Crippen molar-refractivity contribution in [2.24, 2.45) is 5.92 Å². The highest BCUT2D eigenvalue weighted by molar-refractivity contribution is 7.90. The molecule has 0 unspecified atom stereocenters. The van der Waals surface area contributed by atoms with Crippen LogP contribution in [0.3, 0.4) is 0 Å². The van der Waals surface area contributed by atoms with Crippen LogP contribution < -0.4 is 0 Å². The maximum absolute atomic E-state index is 12.6. The van der Waals surface area contributed by atoms with Crippen molar-refractivity contribution >= 4 is 15.7 Å². The number of likely N-dealkylation sites (tertiary alicyclic amines) is 1. The third kappa shape index (κ3) is 3.12. The van der Waals surface area contributed by atoms with Crippen LogP contribution in [0.5, 0.6) is 0 Å². The number of aryl methyl sites for hydroxylation is 1. The lowest BCUT2D eigenvalue weighted by Crippen LogP contribution is -2.42. The van der Waals surface area contributed by atoms with Crippen LogP contribution in [0.2, 0.25) is 0 Å². The van der Waals surface area contributed by atoms with Gasteiger partial charge >= 0.3 is 0 Å². The zero-order chi connectivity index (χ0) is 15.0. The number of carbonyl (C=O) groups excluding carboxylic acids is 1. The highest BCUT2D eigenvalue weighted by Crippen LogP contribution is 2.25. The number of amides is 1. The molecule has 1 fully saturated rings. The molecule has 1 aliphatic carbocycles. The van der Waals surface area contributed by atoms with Crippen LogP contribution in [-0.4, -0.2) is 54.5 Å². The Bertz CT molecular complexity index is 650. The Morgan fingerprint density at radius 1 is 1.38 bits per heavy atom. The fourth-order valence-corrected chi connectivity index (χ4v) is 4.59. The number of carbonyl (C=O) groups is 1. The number of fused-ring (bicyclic) bond motifs is 1. The molecule has 116 valence electrons. The van der Waals surface area contributed by atoms with Gasteiger partial charge in [0.25, 0.3) is 5.91 Å². The maximum atomic E-state index is 12.6. The molecular weight excluding hydrogens is 290 g/mol. The number of aromatic nitrogens is 2. The van der Waals surface area contributed by atoms with E-state index in [2.05, 4.69) is 10.2 Å². The molecule has 0 bridgehead atoms. The van der Waals surface area contributed by atoms with Crippen LogP contribution in [-0.2, 0) is 22.7 Å². The monoisotopic (exact) mass is 311 g/mol. The van der Waals surface area contributed by atoms with E-state index in [-0.39, 0.29) is 17.6 Å². The predicted molar refractivity (Wildman–Crippen MR) is 79.0 cm³/mol. The SMILES string of the molecule is CS(=O)(=O)C[C@H]1CCCN(C(=O)c2n[nH]c3c2CCC3)C1. The fourth-order valence-electron chi connectivity index (χ4n) is 3.46. The van der Waals surface area contributed by atoms with Gasteiger partial charge in [-0.15, -0.1) is 0 Å². The summed E-state index contributed by atoms with van der Waals surface area (Å²) in [6.45, 7) is 1.22.